The number of hydrogen-bond donors (Lipinski definition) is 0. The third kappa shape index (κ3) is 5.67. The van der Waals surface area contributed by atoms with E-state index in [1.807, 2.05) is 27.7 Å². The molecule has 10 heteroatoms. The van der Waals surface area contributed by atoms with Crippen LogP contribution in [0.5, 0.6) is 0 Å². The van der Waals surface area contributed by atoms with Crippen molar-refractivity contribution in [2.45, 2.75) is 70.0 Å². The molecule has 2 saturated heterocycles. The van der Waals surface area contributed by atoms with Gasteiger partial charge in [0, 0.05) is 26.2 Å². The van der Waals surface area contributed by atoms with Crippen LogP contribution in [0.4, 0.5) is 0 Å². The van der Waals surface area contributed by atoms with Gasteiger partial charge in [0.15, 0.2) is 6.10 Å². The average molecular weight is 469 g/mol. The second-order valence-corrected chi connectivity index (χ2v) is 10.6. The van der Waals surface area contributed by atoms with E-state index in [0.29, 0.717) is 13.1 Å². The highest BCUT2D eigenvalue weighted by Crippen LogP contribution is 2.22. The first-order valence-electron chi connectivity index (χ1n) is 10.9. The van der Waals surface area contributed by atoms with Crippen molar-refractivity contribution < 1.29 is 32.2 Å². The van der Waals surface area contributed by atoms with E-state index in [2.05, 4.69) is 0 Å². The molecule has 32 heavy (non-hydrogen) atoms. The highest BCUT2D eigenvalue weighted by atomic mass is 32.2. The lowest BCUT2D eigenvalue weighted by Gasteiger charge is -2.36. The first-order chi connectivity index (χ1) is 15.0. The zero-order chi connectivity index (χ0) is 23.6. The smallest absolute Gasteiger partial charge is 0.338 e. The summed E-state index contributed by atoms with van der Waals surface area (Å²) in [4.78, 5) is 27.0. The highest BCUT2D eigenvalue weighted by Gasteiger charge is 2.33. The number of nitrogens with zero attached hydrogens (tertiary/aromatic N) is 2. The Morgan fingerprint density at radius 3 is 2.06 bits per heavy atom. The number of sulfonamides is 1. The van der Waals surface area contributed by atoms with Crippen LogP contribution in [0.15, 0.2) is 29.2 Å². The van der Waals surface area contributed by atoms with Crippen LogP contribution in [-0.2, 0) is 29.0 Å². The van der Waals surface area contributed by atoms with Gasteiger partial charge in [0.2, 0.25) is 10.0 Å². The summed E-state index contributed by atoms with van der Waals surface area (Å²) in [5, 5.41) is 0. The number of hydrogen-bond acceptors (Lipinski definition) is 7. The molecule has 1 amide bonds. The summed E-state index contributed by atoms with van der Waals surface area (Å²) in [5.41, 5.74) is 0.0730. The van der Waals surface area contributed by atoms with Gasteiger partial charge in [-0.3, -0.25) is 4.79 Å². The van der Waals surface area contributed by atoms with Gasteiger partial charge < -0.3 is 19.1 Å². The number of morpholine rings is 2. The second kappa shape index (κ2) is 9.86. The number of carbonyl (C=O) groups excluding carboxylic acids is 2. The minimum Gasteiger partial charge on any atom is -0.449 e. The van der Waals surface area contributed by atoms with Gasteiger partial charge in [-0.1, -0.05) is 6.07 Å². The van der Waals surface area contributed by atoms with E-state index in [-0.39, 0.29) is 53.9 Å². The molecule has 0 bridgehead atoms. The van der Waals surface area contributed by atoms with E-state index >= 15 is 0 Å². The van der Waals surface area contributed by atoms with Crippen LogP contribution in [0.1, 0.15) is 45.0 Å². The Morgan fingerprint density at radius 1 is 0.969 bits per heavy atom. The maximum Gasteiger partial charge on any atom is 0.338 e. The summed E-state index contributed by atoms with van der Waals surface area (Å²) in [5.74, 6) is -1.05. The molecule has 3 rings (SSSR count). The fraction of sp³-hybridized carbons (Fsp3) is 0.636. The summed E-state index contributed by atoms with van der Waals surface area (Å²) in [6.45, 7) is 10.3. The van der Waals surface area contributed by atoms with Crippen LogP contribution >= 0.6 is 0 Å². The molecule has 2 fully saturated rings. The lowest BCUT2D eigenvalue weighted by atomic mass is 10.2. The standard InChI is InChI=1S/C22H32N2O7S/c1-14-10-23(11-15(2)29-14)21(25)18(5)31-22(26)19-7-6-8-20(9-19)32(27,28)24-12-16(3)30-17(4)13-24/h6-9,14-18H,10-13H2,1-5H3. The van der Waals surface area contributed by atoms with Gasteiger partial charge in [-0.05, 0) is 52.8 Å². The van der Waals surface area contributed by atoms with Crippen molar-refractivity contribution in [2.75, 3.05) is 26.2 Å². The Balaban J connectivity index is 1.70. The third-order valence-corrected chi connectivity index (χ3v) is 7.28. The predicted molar refractivity (Wildman–Crippen MR) is 117 cm³/mol. The van der Waals surface area contributed by atoms with Gasteiger partial charge in [0.25, 0.3) is 5.91 Å². The molecule has 0 saturated carbocycles. The number of esters is 1. The van der Waals surface area contributed by atoms with E-state index < -0.39 is 22.1 Å². The van der Waals surface area contributed by atoms with Crippen molar-refractivity contribution in [1.29, 1.82) is 0 Å². The Labute approximate surface area is 189 Å². The van der Waals surface area contributed by atoms with Crippen molar-refractivity contribution in [3.8, 4) is 0 Å². The highest BCUT2D eigenvalue weighted by molar-refractivity contribution is 7.89. The van der Waals surface area contributed by atoms with E-state index in [1.165, 1.54) is 35.5 Å². The van der Waals surface area contributed by atoms with E-state index in [9.17, 15) is 18.0 Å². The number of rotatable bonds is 5. The average Bonchev–Trinajstić information content (AvgIpc) is 2.71. The summed E-state index contributed by atoms with van der Waals surface area (Å²) < 4.78 is 44.2. The Morgan fingerprint density at radius 2 is 1.50 bits per heavy atom. The molecule has 2 heterocycles. The fourth-order valence-corrected chi connectivity index (χ4v) is 5.79. The molecule has 1 aromatic rings. The molecule has 2 aliphatic rings. The molecule has 0 aliphatic carbocycles. The van der Waals surface area contributed by atoms with Gasteiger partial charge in [-0.2, -0.15) is 4.31 Å². The SMILES string of the molecule is CC1CN(C(=O)C(C)OC(=O)c2cccc(S(=O)(=O)N3CC(C)OC(C)C3)c2)CC(C)O1. The molecular formula is C22H32N2O7S. The van der Waals surface area contributed by atoms with Crippen LogP contribution in [0, 0.1) is 0 Å². The summed E-state index contributed by atoms with van der Waals surface area (Å²) >= 11 is 0. The van der Waals surface area contributed by atoms with Crippen LogP contribution < -0.4 is 0 Å². The zero-order valence-corrected chi connectivity index (χ0v) is 20.0. The maximum absolute atomic E-state index is 13.1. The summed E-state index contributed by atoms with van der Waals surface area (Å²) in [7, 11) is -3.80. The fourth-order valence-electron chi connectivity index (χ4n) is 4.15. The largest absolute Gasteiger partial charge is 0.449 e. The van der Waals surface area contributed by atoms with Crippen molar-refractivity contribution in [1.82, 2.24) is 9.21 Å². The first-order valence-corrected chi connectivity index (χ1v) is 12.3. The van der Waals surface area contributed by atoms with Gasteiger partial charge in [0.1, 0.15) is 0 Å². The van der Waals surface area contributed by atoms with Crippen LogP contribution in [0.25, 0.3) is 0 Å². The molecular weight excluding hydrogens is 436 g/mol. The van der Waals surface area contributed by atoms with Gasteiger partial charge in [-0.15, -0.1) is 0 Å². The van der Waals surface area contributed by atoms with E-state index in [4.69, 9.17) is 14.2 Å². The molecule has 0 spiro atoms. The quantitative estimate of drug-likeness (QED) is 0.606. The third-order valence-electron chi connectivity index (χ3n) is 5.46. The molecule has 1 aromatic carbocycles. The normalized spacial score (nSPS) is 28.2. The molecule has 0 aromatic heterocycles. The number of ether oxygens (including phenoxy) is 3. The van der Waals surface area contributed by atoms with Crippen LogP contribution in [-0.4, -0.2) is 86.2 Å². The first kappa shape index (κ1) is 24.6. The Kier molecular flexibility index (Phi) is 7.59. The molecule has 0 N–H and O–H groups in total. The van der Waals surface area contributed by atoms with Crippen molar-refractivity contribution >= 4 is 21.9 Å². The van der Waals surface area contributed by atoms with Crippen LogP contribution in [0.3, 0.4) is 0 Å². The Hall–Kier alpha value is -2.01. The molecule has 5 atom stereocenters. The lowest BCUT2D eigenvalue weighted by Crippen LogP contribution is -2.51. The predicted octanol–water partition coefficient (Wildman–Crippen LogP) is 1.67. The number of amides is 1. The monoisotopic (exact) mass is 468 g/mol. The molecule has 0 radical (unpaired) electrons. The van der Waals surface area contributed by atoms with E-state index in [0.717, 1.165) is 0 Å². The second-order valence-electron chi connectivity index (χ2n) is 8.66. The number of benzene rings is 1. The van der Waals surface area contributed by atoms with Gasteiger partial charge in [0.05, 0.1) is 34.9 Å². The maximum atomic E-state index is 13.1. The molecule has 5 unspecified atom stereocenters. The van der Waals surface area contributed by atoms with Crippen molar-refractivity contribution in [3.63, 3.8) is 0 Å². The minimum atomic E-state index is -3.80. The number of carbonyl (C=O) groups is 2. The lowest BCUT2D eigenvalue weighted by molar-refractivity contribution is -0.151. The topological polar surface area (TPSA) is 102 Å². The molecule has 9 nitrogen and oxygen atoms in total. The zero-order valence-electron chi connectivity index (χ0n) is 19.2. The van der Waals surface area contributed by atoms with Gasteiger partial charge in [-0.25, -0.2) is 13.2 Å². The summed E-state index contributed by atoms with van der Waals surface area (Å²) in [6.07, 6.45) is -1.64. The van der Waals surface area contributed by atoms with Crippen molar-refractivity contribution in [3.05, 3.63) is 29.8 Å². The van der Waals surface area contributed by atoms with Gasteiger partial charge >= 0.3 is 5.97 Å². The Bertz CT molecular complexity index is 931. The van der Waals surface area contributed by atoms with Crippen LogP contribution in [0.2, 0.25) is 0 Å². The van der Waals surface area contributed by atoms with Crippen molar-refractivity contribution in [2.24, 2.45) is 0 Å². The minimum absolute atomic E-state index is 0.00283. The summed E-state index contributed by atoms with van der Waals surface area (Å²) in [6, 6.07) is 5.71. The molecule has 2 aliphatic heterocycles. The van der Waals surface area contributed by atoms with E-state index in [1.54, 1.807) is 4.90 Å². The molecule has 178 valence electrons.